The van der Waals surface area contributed by atoms with Crippen molar-refractivity contribution >= 4 is 0 Å². The van der Waals surface area contributed by atoms with E-state index in [1.54, 1.807) is 6.07 Å². The van der Waals surface area contributed by atoms with Crippen LogP contribution in [-0.4, -0.2) is 19.3 Å². The van der Waals surface area contributed by atoms with Crippen LogP contribution in [0.25, 0.3) is 0 Å². The molecule has 0 saturated carbocycles. The van der Waals surface area contributed by atoms with E-state index in [0.717, 1.165) is 6.07 Å². The third-order valence-electron chi connectivity index (χ3n) is 2.52. The van der Waals surface area contributed by atoms with Crippen LogP contribution in [0, 0.1) is 0 Å². The van der Waals surface area contributed by atoms with E-state index >= 15 is 0 Å². The van der Waals surface area contributed by atoms with E-state index in [2.05, 4.69) is 5.32 Å². The number of hydrogen-bond donors (Lipinski definition) is 1. The standard InChI is InChI=1S/C13H18F3NO/c1-3-18-10(2)8-17-9-11-6-4-5-7-12(11)13(14,15)16/h4-7,10,17H,3,8-9H2,1-2H3. The third-order valence-corrected chi connectivity index (χ3v) is 2.52. The molecule has 1 aromatic carbocycles. The molecule has 0 aliphatic heterocycles. The van der Waals surface area contributed by atoms with Gasteiger partial charge in [0.2, 0.25) is 0 Å². The highest BCUT2D eigenvalue weighted by Gasteiger charge is 2.32. The van der Waals surface area contributed by atoms with Crippen LogP contribution in [0.3, 0.4) is 0 Å². The highest BCUT2D eigenvalue weighted by molar-refractivity contribution is 5.29. The average molecular weight is 261 g/mol. The number of nitrogens with one attached hydrogen (secondary N) is 1. The molecule has 0 spiro atoms. The average Bonchev–Trinajstić information content (AvgIpc) is 2.28. The molecule has 0 amide bonds. The summed E-state index contributed by atoms with van der Waals surface area (Å²) in [6.45, 7) is 5.08. The van der Waals surface area contributed by atoms with Crippen molar-refractivity contribution < 1.29 is 17.9 Å². The largest absolute Gasteiger partial charge is 0.416 e. The van der Waals surface area contributed by atoms with Gasteiger partial charge in [-0.15, -0.1) is 0 Å². The summed E-state index contributed by atoms with van der Waals surface area (Å²) >= 11 is 0. The van der Waals surface area contributed by atoms with Crippen molar-refractivity contribution in [2.45, 2.75) is 32.7 Å². The van der Waals surface area contributed by atoms with Gasteiger partial charge in [0.1, 0.15) is 0 Å². The second-order valence-corrected chi connectivity index (χ2v) is 4.05. The minimum Gasteiger partial charge on any atom is -0.377 e. The fourth-order valence-electron chi connectivity index (χ4n) is 1.70. The van der Waals surface area contributed by atoms with Crippen molar-refractivity contribution in [2.24, 2.45) is 0 Å². The summed E-state index contributed by atoms with van der Waals surface area (Å²) in [6.07, 6.45) is -4.31. The first-order chi connectivity index (χ1) is 8.45. The van der Waals surface area contributed by atoms with Crippen LogP contribution in [0.5, 0.6) is 0 Å². The van der Waals surface area contributed by atoms with Crippen LogP contribution in [-0.2, 0) is 17.5 Å². The first kappa shape index (κ1) is 15.0. The van der Waals surface area contributed by atoms with Gasteiger partial charge in [-0.05, 0) is 25.5 Å². The summed E-state index contributed by atoms with van der Waals surface area (Å²) in [5, 5.41) is 2.97. The number of benzene rings is 1. The van der Waals surface area contributed by atoms with E-state index in [0.29, 0.717) is 13.2 Å². The summed E-state index contributed by atoms with van der Waals surface area (Å²) < 4.78 is 43.4. The van der Waals surface area contributed by atoms with Gasteiger partial charge in [0.15, 0.2) is 0 Å². The molecule has 0 aromatic heterocycles. The second kappa shape index (κ2) is 6.75. The first-order valence-electron chi connectivity index (χ1n) is 5.92. The molecule has 0 heterocycles. The van der Waals surface area contributed by atoms with Gasteiger partial charge in [-0.1, -0.05) is 18.2 Å². The Labute approximate surface area is 105 Å². The van der Waals surface area contributed by atoms with E-state index in [1.165, 1.54) is 12.1 Å². The number of ether oxygens (including phenoxy) is 1. The van der Waals surface area contributed by atoms with Crippen molar-refractivity contribution in [1.82, 2.24) is 5.32 Å². The van der Waals surface area contributed by atoms with E-state index in [-0.39, 0.29) is 18.2 Å². The lowest BCUT2D eigenvalue weighted by Gasteiger charge is -2.15. The van der Waals surface area contributed by atoms with Crippen LogP contribution in [0.1, 0.15) is 25.0 Å². The molecule has 1 aromatic rings. The lowest BCUT2D eigenvalue weighted by atomic mass is 10.1. The topological polar surface area (TPSA) is 21.3 Å². The number of hydrogen-bond acceptors (Lipinski definition) is 2. The molecular weight excluding hydrogens is 243 g/mol. The Bertz CT molecular complexity index is 365. The van der Waals surface area contributed by atoms with Crippen molar-refractivity contribution in [3.8, 4) is 0 Å². The maximum absolute atomic E-state index is 12.7. The van der Waals surface area contributed by atoms with Gasteiger partial charge in [-0.25, -0.2) is 0 Å². The van der Waals surface area contributed by atoms with Crippen LogP contribution in [0.4, 0.5) is 13.2 Å². The zero-order valence-corrected chi connectivity index (χ0v) is 10.6. The molecule has 0 aliphatic carbocycles. The molecule has 102 valence electrons. The summed E-state index contributed by atoms with van der Waals surface area (Å²) in [7, 11) is 0. The van der Waals surface area contributed by atoms with Gasteiger partial charge in [-0.3, -0.25) is 0 Å². The molecule has 1 rings (SSSR count). The maximum atomic E-state index is 12.7. The van der Waals surface area contributed by atoms with Crippen LogP contribution in [0.15, 0.2) is 24.3 Å². The SMILES string of the molecule is CCOC(C)CNCc1ccccc1C(F)(F)F. The van der Waals surface area contributed by atoms with E-state index in [1.807, 2.05) is 13.8 Å². The number of rotatable bonds is 6. The molecule has 1 N–H and O–H groups in total. The summed E-state index contributed by atoms with van der Waals surface area (Å²) in [6, 6.07) is 5.59. The predicted octanol–water partition coefficient (Wildman–Crippen LogP) is 3.22. The van der Waals surface area contributed by atoms with Crippen molar-refractivity contribution in [2.75, 3.05) is 13.2 Å². The second-order valence-electron chi connectivity index (χ2n) is 4.05. The summed E-state index contributed by atoms with van der Waals surface area (Å²) in [4.78, 5) is 0. The van der Waals surface area contributed by atoms with Gasteiger partial charge in [0, 0.05) is 19.7 Å². The van der Waals surface area contributed by atoms with Crippen molar-refractivity contribution in [3.05, 3.63) is 35.4 Å². The third kappa shape index (κ3) is 4.66. The number of alkyl halides is 3. The molecule has 1 atom stereocenters. The first-order valence-corrected chi connectivity index (χ1v) is 5.92. The minimum atomic E-state index is -4.30. The molecule has 5 heteroatoms. The summed E-state index contributed by atoms with van der Waals surface area (Å²) in [5.41, 5.74) is -0.324. The fraction of sp³-hybridized carbons (Fsp3) is 0.538. The van der Waals surface area contributed by atoms with Gasteiger partial charge < -0.3 is 10.1 Å². The molecule has 1 unspecified atom stereocenters. The zero-order valence-electron chi connectivity index (χ0n) is 10.6. The Morgan fingerprint density at radius 2 is 1.94 bits per heavy atom. The van der Waals surface area contributed by atoms with E-state index < -0.39 is 11.7 Å². The molecule has 2 nitrogen and oxygen atoms in total. The Hall–Kier alpha value is -1.07. The molecule has 0 bridgehead atoms. The summed E-state index contributed by atoms with van der Waals surface area (Å²) in [5.74, 6) is 0. The van der Waals surface area contributed by atoms with Gasteiger partial charge in [0.25, 0.3) is 0 Å². The molecule has 0 radical (unpaired) electrons. The maximum Gasteiger partial charge on any atom is 0.416 e. The Balaban J connectivity index is 2.57. The zero-order chi connectivity index (χ0) is 13.6. The van der Waals surface area contributed by atoms with E-state index in [4.69, 9.17) is 4.74 Å². The molecule has 0 aliphatic rings. The van der Waals surface area contributed by atoms with Crippen molar-refractivity contribution in [3.63, 3.8) is 0 Å². The van der Waals surface area contributed by atoms with Crippen LogP contribution < -0.4 is 5.32 Å². The molecule has 0 saturated heterocycles. The minimum absolute atomic E-state index is 0.00644. The Morgan fingerprint density at radius 1 is 1.28 bits per heavy atom. The Morgan fingerprint density at radius 3 is 2.56 bits per heavy atom. The fourth-order valence-corrected chi connectivity index (χ4v) is 1.70. The van der Waals surface area contributed by atoms with Gasteiger partial charge >= 0.3 is 6.18 Å². The highest BCUT2D eigenvalue weighted by Crippen LogP contribution is 2.31. The lowest BCUT2D eigenvalue weighted by molar-refractivity contribution is -0.138. The smallest absolute Gasteiger partial charge is 0.377 e. The lowest BCUT2D eigenvalue weighted by Crippen LogP contribution is -2.27. The quantitative estimate of drug-likeness (QED) is 0.849. The number of halogens is 3. The van der Waals surface area contributed by atoms with E-state index in [9.17, 15) is 13.2 Å². The van der Waals surface area contributed by atoms with Gasteiger partial charge in [0.05, 0.1) is 11.7 Å². The normalized spacial score (nSPS) is 13.6. The van der Waals surface area contributed by atoms with Crippen molar-refractivity contribution in [1.29, 1.82) is 0 Å². The molecular formula is C13H18F3NO. The van der Waals surface area contributed by atoms with Crippen LogP contribution in [0.2, 0.25) is 0 Å². The molecule has 18 heavy (non-hydrogen) atoms. The van der Waals surface area contributed by atoms with Crippen LogP contribution >= 0.6 is 0 Å². The Kier molecular flexibility index (Phi) is 5.62. The highest BCUT2D eigenvalue weighted by atomic mass is 19.4. The predicted molar refractivity (Wildman–Crippen MR) is 64.2 cm³/mol. The monoisotopic (exact) mass is 261 g/mol. The molecule has 0 fully saturated rings. The van der Waals surface area contributed by atoms with Gasteiger partial charge in [-0.2, -0.15) is 13.2 Å².